The lowest BCUT2D eigenvalue weighted by Crippen LogP contribution is -2.61. The maximum Gasteiger partial charge on any atom is 0.254 e. The minimum atomic E-state index is 0.0400. The van der Waals surface area contributed by atoms with Crippen LogP contribution in [0.15, 0.2) is 60.7 Å². The summed E-state index contributed by atoms with van der Waals surface area (Å²) in [5.74, 6) is 0.116. The number of piperazine rings is 1. The molecule has 1 aliphatic rings. The zero-order valence-corrected chi connectivity index (χ0v) is 15.5. The van der Waals surface area contributed by atoms with E-state index in [1.165, 1.54) is 0 Å². The van der Waals surface area contributed by atoms with Gasteiger partial charge in [-0.2, -0.15) is 0 Å². The van der Waals surface area contributed by atoms with E-state index in [4.69, 9.17) is 0 Å². The number of hydrogen-bond acceptors (Lipinski definition) is 2. The Bertz CT molecular complexity index is 680. The smallest absolute Gasteiger partial charge is 0.254 e. The van der Waals surface area contributed by atoms with Gasteiger partial charge in [0.1, 0.15) is 0 Å². The van der Waals surface area contributed by atoms with Crippen LogP contribution >= 0.6 is 0 Å². The van der Waals surface area contributed by atoms with Crippen molar-refractivity contribution in [3.8, 4) is 0 Å². The maximum absolute atomic E-state index is 13.0. The summed E-state index contributed by atoms with van der Waals surface area (Å²) in [5, 5.41) is 0. The van der Waals surface area contributed by atoms with Gasteiger partial charge in [0.2, 0.25) is 0 Å². The Balaban J connectivity index is 1.83. The summed E-state index contributed by atoms with van der Waals surface area (Å²) >= 11 is 0. The number of rotatable bonds is 4. The molecule has 0 aromatic heterocycles. The minimum absolute atomic E-state index is 0.0400. The number of carbonyl (C=O) groups excluding carboxylic acids is 2. The molecule has 3 rings (SSSR count). The summed E-state index contributed by atoms with van der Waals surface area (Å²) in [4.78, 5) is 29.9. The normalized spacial score (nSPS) is 20.1. The molecular weight excluding hydrogens is 324 g/mol. The van der Waals surface area contributed by atoms with Gasteiger partial charge in [-0.05, 0) is 37.1 Å². The average molecular weight is 350 g/mol. The van der Waals surface area contributed by atoms with Crippen molar-refractivity contribution >= 4 is 11.8 Å². The number of carbonyl (C=O) groups is 2. The molecule has 1 fully saturated rings. The molecule has 0 spiro atoms. The van der Waals surface area contributed by atoms with Crippen molar-refractivity contribution in [3.05, 3.63) is 71.8 Å². The van der Waals surface area contributed by atoms with E-state index in [0.29, 0.717) is 24.2 Å². The third-order valence-electron chi connectivity index (χ3n) is 5.20. The Morgan fingerprint density at radius 2 is 1.08 bits per heavy atom. The van der Waals surface area contributed by atoms with Crippen LogP contribution in [-0.4, -0.2) is 46.8 Å². The predicted octanol–water partition coefficient (Wildman–Crippen LogP) is 3.84. The Hall–Kier alpha value is -2.62. The molecule has 0 N–H and O–H groups in total. The highest BCUT2D eigenvalue weighted by molar-refractivity contribution is 5.96. The quantitative estimate of drug-likeness (QED) is 0.840. The standard InChI is InChI=1S/C22H26N2O2/c1-3-19-15-24(22(26)18-13-9-6-10-14-18)20(4-2)16-23(19)21(25)17-11-7-5-8-12-17/h5-14,19-20H,3-4,15-16H2,1-2H3/t19-,20+. The Morgan fingerprint density at radius 3 is 1.38 bits per heavy atom. The summed E-state index contributed by atoms with van der Waals surface area (Å²) in [6.45, 7) is 5.32. The van der Waals surface area contributed by atoms with Gasteiger partial charge in [0.05, 0.1) is 0 Å². The van der Waals surface area contributed by atoms with E-state index in [-0.39, 0.29) is 23.9 Å². The Morgan fingerprint density at radius 1 is 0.731 bits per heavy atom. The molecule has 136 valence electrons. The fraction of sp³-hybridized carbons (Fsp3) is 0.364. The van der Waals surface area contributed by atoms with E-state index in [9.17, 15) is 9.59 Å². The molecule has 4 nitrogen and oxygen atoms in total. The van der Waals surface area contributed by atoms with Crippen molar-refractivity contribution in [1.29, 1.82) is 0 Å². The van der Waals surface area contributed by atoms with Crippen LogP contribution in [0.4, 0.5) is 0 Å². The Labute approximate surface area is 155 Å². The zero-order chi connectivity index (χ0) is 18.5. The molecule has 2 aromatic rings. The molecule has 1 heterocycles. The highest BCUT2D eigenvalue weighted by Gasteiger charge is 2.37. The lowest BCUT2D eigenvalue weighted by atomic mass is 9.99. The number of benzene rings is 2. The van der Waals surface area contributed by atoms with Gasteiger partial charge in [0, 0.05) is 36.3 Å². The monoisotopic (exact) mass is 350 g/mol. The van der Waals surface area contributed by atoms with E-state index in [1.54, 1.807) is 0 Å². The molecule has 0 unspecified atom stereocenters. The molecular formula is C22H26N2O2. The molecule has 26 heavy (non-hydrogen) atoms. The maximum atomic E-state index is 13.0. The van der Waals surface area contributed by atoms with Crippen molar-refractivity contribution < 1.29 is 9.59 Å². The molecule has 0 aliphatic carbocycles. The number of amides is 2. The van der Waals surface area contributed by atoms with Crippen molar-refractivity contribution in [1.82, 2.24) is 9.80 Å². The molecule has 1 aliphatic heterocycles. The third-order valence-corrected chi connectivity index (χ3v) is 5.20. The van der Waals surface area contributed by atoms with Crippen molar-refractivity contribution in [3.63, 3.8) is 0 Å². The van der Waals surface area contributed by atoms with E-state index in [1.807, 2.05) is 70.5 Å². The van der Waals surface area contributed by atoms with E-state index < -0.39 is 0 Å². The lowest BCUT2D eigenvalue weighted by molar-refractivity contribution is 0.0191. The van der Waals surface area contributed by atoms with Gasteiger partial charge < -0.3 is 9.80 Å². The van der Waals surface area contributed by atoms with Crippen LogP contribution in [-0.2, 0) is 0 Å². The molecule has 2 atom stereocenters. The van der Waals surface area contributed by atoms with Gasteiger partial charge in [0.25, 0.3) is 11.8 Å². The van der Waals surface area contributed by atoms with E-state index >= 15 is 0 Å². The fourth-order valence-electron chi connectivity index (χ4n) is 3.64. The number of hydrogen-bond donors (Lipinski definition) is 0. The molecule has 1 saturated heterocycles. The van der Waals surface area contributed by atoms with Crippen LogP contribution in [0, 0.1) is 0 Å². The third kappa shape index (κ3) is 3.64. The largest absolute Gasteiger partial charge is 0.332 e. The van der Waals surface area contributed by atoms with Crippen LogP contribution in [0.25, 0.3) is 0 Å². The lowest BCUT2D eigenvalue weighted by Gasteiger charge is -2.46. The average Bonchev–Trinajstić information content (AvgIpc) is 2.73. The first-order valence-electron chi connectivity index (χ1n) is 9.37. The van der Waals surface area contributed by atoms with Crippen LogP contribution in [0.5, 0.6) is 0 Å². The summed E-state index contributed by atoms with van der Waals surface area (Å²) < 4.78 is 0. The van der Waals surface area contributed by atoms with Crippen LogP contribution in [0.1, 0.15) is 47.4 Å². The highest BCUT2D eigenvalue weighted by Crippen LogP contribution is 2.24. The van der Waals surface area contributed by atoms with Gasteiger partial charge in [-0.3, -0.25) is 9.59 Å². The van der Waals surface area contributed by atoms with E-state index in [2.05, 4.69) is 13.8 Å². The summed E-state index contributed by atoms with van der Waals surface area (Å²) in [6.07, 6.45) is 1.65. The van der Waals surface area contributed by atoms with Gasteiger partial charge in [-0.1, -0.05) is 50.2 Å². The highest BCUT2D eigenvalue weighted by atomic mass is 16.2. The first-order valence-corrected chi connectivity index (χ1v) is 9.37. The SMILES string of the molecule is CC[C@@H]1CN(C(=O)c2ccccc2)[C@@H](CC)CN1C(=O)c1ccccc1. The van der Waals surface area contributed by atoms with Crippen molar-refractivity contribution in [2.45, 2.75) is 38.8 Å². The molecule has 4 heteroatoms. The van der Waals surface area contributed by atoms with Gasteiger partial charge in [0.15, 0.2) is 0 Å². The Kier molecular flexibility index (Phi) is 5.71. The predicted molar refractivity (Wildman–Crippen MR) is 103 cm³/mol. The van der Waals surface area contributed by atoms with E-state index in [0.717, 1.165) is 12.8 Å². The molecule has 0 bridgehead atoms. The van der Waals surface area contributed by atoms with Gasteiger partial charge in [-0.25, -0.2) is 0 Å². The van der Waals surface area contributed by atoms with Crippen LogP contribution in [0.3, 0.4) is 0 Å². The fourth-order valence-corrected chi connectivity index (χ4v) is 3.64. The van der Waals surface area contributed by atoms with Crippen LogP contribution in [0.2, 0.25) is 0 Å². The summed E-state index contributed by atoms with van der Waals surface area (Å²) in [7, 11) is 0. The van der Waals surface area contributed by atoms with Crippen molar-refractivity contribution in [2.24, 2.45) is 0 Å². The van der Waals surface area contributed by atoms with Gasteiger partial charge in [-0.15, -0.1) is 0 Å². The molecule has 2 amide bonds. The molecule has 0 radical (unpaired) electrons. The second-order valence-electron chi connectivity index (χ2n) is 6.77. The first-order chi connectivity index (χ1) is 12.7. The summed E-state index contributed by atoms with van der Waals surface area (Å²) in [6, 6.07) is 18.9. The second-order valence-corrected chi connectivity index (χ2v) is 6.77. The minimum Gasteiger partial charge on any atom is -0.332 e. The van der Waals surface area contributed by atoms with Gasteiger partial charge >= 0.3 is 0 Å². The summed E-state index contributed by atoms with van der Waals surface area (Å²) in [5.41, 5.74) is 1.42. The second kappa shape index (κ2) is 8.17. The zero-order valence-electron chi connectivity index (χ0n) is 15.5. The van der Waals surface area contributed by atoms with Crippen LogP contribution < -0.4 is 0 Å². The van der Waals surface area contributed by atoms with Crippen molar-refractivity contribution in [2.75, 3.05) is 13.1 Å². The first kappa shape index (κ1) is 18.2. The molecule has 0 saturated carbocycles. The molecule has 2 aromatic carbocycles. The topological polar surface area (TPSA) is 40.6 Å². The number of nitrogens with zero attached hydrogens (tertiary/aromatic N) is 2.